The second kappa shape index (κ2) is 9.46. The predicted molar refractivity (Wildman–Crippen MR) is 142 cm³/mol. The normalized spacial score (nSPS) is 10.7. The molecule has 0 aliphatic carbocycles. The molecule has 0 bridgehead atoms. The molecule has 0 aliphatic heterocycles. The fourth-order valence-electron chi connectivity index (χ4n) is 3.44. The first-order valence-electron chi connectivity index (χ1n) is 10.6. The summed E-state index contributed by atoms with van der Waals surface area (Å²) in [6, 6.07) is 24.9. The van der Waals surface area contributed by atoms with Crippen molar-refractivity contribution in [3.05, 3.63) is 95.4 Å². The number of anilines is 4. The molecule has 2 heterocycles. The summed E-state index contributed by atoms with van der Waals surface area (Å²) in [6.45, 7) is 2.05. The first-order valence-corrected chi connectivity index (χ1v) is 12.3. The Morgan fingerprint density at radius 2 is 1.71 bits per heavy atom. The van der Waals surface area contributed by atoms with Crippen molar-refractivity contribution < 1.29 is 4.79 Å². The molecule has 8 heteroatoms. The zero-order valence-corrected chi connectivity index (χ0v) is 19.9. The molecule has 34 heavy (non-hydrogen) atoms. The summed E-state index contributed by atoms with van der Waals surface area (Å²) in [6.07, 6.45) is 0. The van der Waals surface area contributed by atoms with Crippen molar-refractivity contribution >= 4 is 50.9 Å². The Hall–Kier alpha value is -4.01. The van der Waals surface area contributed by atoms with Crippen LogP contribution in [0.4, 0.5) is 22.3 Å². The molecule has 1 amide bonds. The quantitative estimate of drug-likeness (QED) is 0.246. The molecule has 4 N–H and O–H groups in total. The molecule has 0 atom stereocenters. The van der Waals surface area contributed by atoms with E-state index in [0.29, 0.717) is 17.1 Å². The Labute approximate surface area is 205 Å². The van der Waals surface area contributed by atoms with Crippen LogP contribution in [0.3, 0.4) is 0 Å². The molecule has 0 radical (unpaired) electrons. The number of carbonyl (C=O) groups is 1. The van der Waals surface area contributed by atoms with E-state index in [-0.39, 0.29) is 5.91 Å². The number of aryl methyl sites for hydroxylation is 1. The monoisotopic (exact) mass is 483 g/mol. The van der Waals surface area contributed by atoms with E-state index in [1.54, 1.807) is 12.1 Å². The number of benzene rings is 3. The standard InChI is InChI=1S/C26H21N5OS2/c1-16-7-5-11-19(13-16)29-26-31-23(27)22(34-26)25-30-21(15-33-25)18-10-6-12-20(14-18)28-24(32)17-8-3-2-4-9-17/h2-15H,27H2,1H3,(H,28,32)(H,29,31). The molecule has 2 aromatic heterocycles. The van der Waals surface area contributed by atoms with Crippen molar-refractivity contribution in [2.24, 2.45) is 0 Å². The lowest BCUT2D eigenvalue weighted by Crippen LogP contribution is -2.11. The minimum Gasteiger partial charge on any atom is -0.382 e. The first kappa shape index (κ1) is 21.8. The third-order valence-electron chi connectivity index (χ3n) is 5.07. The first-order chi connectivity index (χ1) is 16.5. The smallest absolute Gasteiger partial charge is 0.255 e. The van der Waals surface area contributed by atoms with Gasteiger partial charge in [-0.15, -0.1) is 11.3 Å². The van der Waals surface area contributed by atoms with Crippen molar-refractivity contribution in [2.45, 2.75) is 6.92 Å². The minimum atomic E-state index is -0.150. The van der Waals surface area contributed by atoms with Gasteiger partial charge in [0, 0.05) is 27.9 Å². The van der Waals surface area contributed by atoms with Gasteiger partial charge in [0.15, 0.2) is 5.13 Å². The van der Waals surface area contributed by atoms with Crippen LogP contribution in [0, 0.1) is 6.92 Å². The number of nitrogen functional groups attached to an aromatic ring is 1. The van der Waals surface area contributed by atoms with Gasteiger partial charge in [0.1, 0.15) is 15.7 Å². The highest BCUT2D eigenvalue weighted by Crippen LogP contribution is 2.39. The number of hydrogen-bond donors (Lipinski definition) is 3. The van der Waals surface area contributed by atoms with Crippen molar-refractivity contribution in [3.63, 3.8) is 0 Å². The molecule has 3 aromatic carbocycles. The number of amides is 1. The topological polar surface area (TPSA) is 92.9 Å². The third kappa shape index (κ3) is 4.83. The molecule has 168 valence electrons. The van der Waals surface area contributed by atoms with Gasteiger partial charge in [-0.05, 0) is 48.9 Å². The fourth-order valence-corrected chi connectivity index (χ4v) is 5.28. The maximum atomic E-state index is 12.5. The van der Waals surface area contributed by atoms with Gasteiger partial charge < -0.3 is 16.4 Å². The van der Waals surface area contributed by atoms with Gasteiger partial charge in [-0.2, -0.15) is 0 Å². The van der Waals surface area contributed by atoms with E-state index in [2.05, 4.69) is 21.7 Å². The second-order valence-corrected chi connectivity index (χ2v) is 9.52. The molecule has 0 unspecified atom stereocenters. The molecule has 0 saturated heterocycles. The van der Waals surface area contributed by atoms with Crippen LogP contribution < -0.4 is 16.4 Å². The Bertz CT molecular complexity index is 1460. The number of rotatable bonds is 6. The van der Waals surface area contributed by atoms with Gasteiger partial charge in [-0.25, -0.2) is 9.97 Å². The number of thiazole rings is 2. The van der Waals surface area contributed by atoms with E-state index in [0.717, 1.165) is 32.0 Å². The zero-order valence-electron chi connectivity index (χ0n) is 18.3. The summed E-state index contributed by atoms with van der Waals surface area (Å²) in [4.78, 5) is 22.6. The highest BCUT2D eigenvalue weighted by atomic mass is 32.1. The van der Waals surface area contributed by atoms with Crippen molar-refractivity contribution in [3.8, 4) is 21.1 Å². The molecular weight excluding hydrogens is 462 g/mol. The molecule has 5 aromatic rings. The van der Waals surface area contributed by atoms with Crippen LogP contribution in [0.2, 0.25) is 0 Å². The molecule has 6 nitrogen and oxygen atoms in total. The summed E-state index contributed by atoms with van der Waals surface area (Å²) < 4.78 is 0. The minimum absolute atomic E-state index is 0.150. The lowest BCUT2D eigenvalue weighted by molar-refractivity contribution is 0.102. The van der Waals surface area contributed by atoms with Crippen LogP contribution in [-0.2, 0) is 0 Å². The van der Waals surface area contributed by atoms with Gasteiger partial charge in [0.25, 0.3) is 5.91 Å². The molecule has 0 spiro atoms. The summed E-state index contributed by atoms with van der Waals surface area (Å²) in [5, 5.41) is 9.78. The summed E-state index contributed by atoms with van der Waals surface area (Å²) in [5.41, 5.74) is 11.4. The van der Waals surface area contributed by atoms with E-state index in [4.69, 9.17) is 10.7 Å². The Balaban J connectivity index is 1.35. The molecule has 0 fully saturated rings. The lowest BCUT2D eigenvalue weighted by atomic mass is 10.1. The molecule has 0 aliphatic rings. The highest BCUT2D eigenvalue weighted by molar-refractivity contribution is 7.23. The van der Waals surface area contributed by atoms with Crippen molar-refractivity contribution in [1.82, 2.24) is 9.97 Å². The van der Waals surface area contributed by atoms with Crippen LogP contribution in [0.15, 0.2) is 84.2 Å². The van der Waals surface area contributed by atoms with E-state index in [9.17, 15) is 4.79 Å². The number of nitrogens with one attached hydrogen (secondary N) is 2. The fraction of sp³-hybridized carbons (Fsp3) is 0.0385. The van der Waals surface area contributed by atoms with Crippen molar-refractivity contribution in [2.75, 3.05) is 16.4 Å². The number of nitrogens with zero attached hydrogens (tertiary/aromatic N) is 2. The predicted octanol–water partition coefficient (Wildman–Crippen LogP) is 6.82. The summed E-state index contributed by atoms with van der Waals surface area (Å²) >= 11 is 2.99. The van der Waals surface area contributed by atoms with E-state index >= 15 is 0 Å². The number of carbonyl (C=O) groups excluding carboxylic acids is 1. The SMILES string of the molecule is Cc1cccc(Nc2nc(N)c(-c3nc(-c4cccc(NC(=O)c5ccccc5)c4)cs3)s2)c1. The maximum absolute atomic E-state index is 12.5. The third-order valence-corrected chi connectivity index (χ3v) is 7.06. The highest BCUT2D eigenvalue weighted by Gasteiger charge is 2.16. The van der Waals surface area contributed by atoms with Crippen LogP contribution >= 0.6 is 22.7 Å². The average molecular weight is 484 g/mol. The number of nitrogens with two attached hydrogens (primary N) is 1. The molecular formula is C26H21N5OS2. The molecule has 5 rings (SSSR count). The Morgan fingerprint density at radius 1 is 0.912 bits per heavy atom. The van der Waals surface area contributed by atoms with E-state index < -0.39 is 0 Å². The van der Waals surface area contributed by atoms with Crippen LogP contribution in [0.1, 0.15) is 15.9 Å². The van der Waals surface area contributed by atoms with E-state index in [1.165, 1.54) is 28.2 Å². The van der Waals surface area contributed by atoms with Gasteiger partial charge in [-0.3, -0.25) is 4.79 Å². The largest absolute Gasteiger partial charge is 0.382 e. The molecule has 0 saturated carbocycles. The van der Waals surface area contributed by atoms with Gasteiger partial charge >= 0.3 is 0 Å². The number of aromatic nitrogens is 2. The van der Waals surface area contributed by atoms with E-state index in [1.807, 2.05) is 73.0 Å². The zero-order chi connectivity index (χ0) is 23.5. The van der Waals surface area contributed by atoms with Gasteiger partial charge in [0.2, 0.25) is 0 Å². The maximum Gasteiger partial charge on any atom is 0.255 e. The number of hydrogen-bond acceptors (Lipinski definition) is 7. The average Bonchev–Trinajstić information content (AvgIpc) is 3.46. The van der Waals surface area contributed by atoms with Gasteiger partial charge in [0.05, 0.1) is 5.69 Å². The Morgan fingerprint density at radius 3 is 2.53 bits per heavy atom. The lowest BCUT2D eigenvalue weighted by Gasteiger charge is -2.06. The van der Waals surface area contributed by atoms with Crippen LogP contribution in [0.5, 0.6) is 0 Å². The van der Waals surface area contributed by atoms with Crippen LogP contribution in [-0.4, -0.2) is 15.9 Å². The second-order valence-electron chi connectivity index (χ2n) is 7.67. The van der Waals surface area contributed by atoms with Crippen LogP contribution in [0.25, 0.3) is 21.1 Å². The summed E-state index contributed by atoms with van der Waals surface area (Å²) in [5.74, 6) is 0.299. The van der Waals surface area contributed by atoms with Gasteiger partial charge in [-0.1, -0.05) is 53.8 Å². The van der Waals surface area contributed by atoms with Crippen molar-refractivity contribution in [1.29, 1.82) is 0 Å². The Kier molecular flexibility index (Phi) is 6.07. The summed E-state index contributed by atoms with van der Waals surface area (Å²) in [7, 11) is 0.